The van der Waals surface area contributed by atoms with Crippen molar-refractivity contribution in [2.45, 2.75) is 25.8 Å². The Hall–Kier alpha value is -3.35. The van der Waals surface area contributed by atoms with E-state index < -0.39 is 0 Å². The van der Waals surface area contributed by atoms with Gasteiger partial charge in [-0.3, -0.25) is 9.59 Å². The topological polar surface area (TPSA) is 77.6 Å². The maximum absolute atomic E-state index is 12.7. The van der Waals surface area contributed by atoms with E-state index in [0.29, 0.717) is 43.4 Å². The van der Waals surface area contributed by atoms with Crippen LogP contribution < -0.4 is 10.3 Å². The lowest BCUT2D eigenvalue weighted by Gasteiger charge is -2.32. The first-order valence-electron chi connectivity index (χ1n) is 10.1. The largest absolute Gasteiger partial charge is 0.497 e. The van der Waals surface area contributed by atoms with Gasteiger partial charge in [0.2, 0.25) is 5.91 Å². The van der Waals surface area contributed by atoms with Crippen LogP contribution in [0.25, 0.3) is 11.5 Å². The third kappa shape index (κ3) is 4.62. The molecule has 7 nitrogen and oxygen atoms in total. The van der Waals surface area contributed by atoms with Crippen molar-refractivity contribution in [1.82, 2.24) is 14.7 Å². The normalized spacial score (nSPS) is 14.6. The molecule has 1 aromatic carbocycles. The SMILES string of the molecule is COc1cccc(CC(=O)N2CCC(Cn3nc(-c4ccco4)ccc3=O)CC2)c1. The number of piperidine rings is 1. The number of carbonyl (C=O) groups is 1. The summed E-state index contributed by atoms with van der Waals surface area (Å²) in [4.78, 5) is 26.8. The highest BCUT2D eigenvalue weighted by atomic mass is 16.5. The fraction of sp³-hybridized carbons (Fsp3) is 0.348. The first kappa shape index (κ1) is 19.9. The van der Waals surface area contributed by atoms with E-state index in [-0.39, 0.29) is 11.5 Å². The van der Waals surface area contributed by atoms with Gasteiger partial charge >= 0.3 is 0 Å². The minimum Gasteiger partial charge on any atom is -0.497 e. The lowest BCUT2D eigenvalue weighted by atomic mass is 9.96. The van der Waals surface area contributed by atoms with Crippen molar-refractivity contribution in [3.63, 3.8) is 0 Å². The van der Waals surface area contributed by atoms with Gasteiger partial charge in [-0.1, -0.05) is 12.1 Å². The number of benzene rings is 1. The number of aromatic nitrogens is 2. The van der Waals surface area contributed by atoms with Crippen LogP contribution in [-0.4, -0.2) is 40.8 Å². The van der Waals surface area contributed by atoms with Gasteiger partial charge in [0.05, 0.1) is 19.8 Å². The lowest BCUT2D eigenvalue weighted by Crippen LogP contribution is -2.41. The number of amides is 1. The summed E-state index contributed by atoms with van der Waals surface area (Å²) in [5, 5.41) is 4.45. The van der Waals surface area contributed by atoms with E-state index >= 15 is 0 Å². The molecule has 1 aliphatic rings. The average Bonchev–Trinajstić information content (AvgIpc) is 3.31. The van der Waals surface area contributed by atoms with E-state index in [1.165, 1.54) is 10.7 Å². The lowest BCUT2D eigenvalue weighted by molar-refractivity contribution is -0.131. The second-order valence-corrected chi connectivity index (χ2v) is 7.57. The second-order valence-electron chi connectivity index (χ2n) is 7.57. The van der Waals surface area contributed by atoms with Crippen molar-refractivity contribution in [1.29, 1.82) is 0 Å². The molecule has 0 spiro atoms. The van der Waals surface area contributed by atoms with Crippen LogP contribution in [0.4, 0.5) is 0 Å². The minimum absolute atomic E-state index is 0.122. The monoisotopic (exact) mass is 407 g/mol. The van der Waals surface area contributed by atoms with Gasteiger partial charge in [-0.05, 0) is 54.7 Å². The number of hydrogen-bond donors (Lipinski definition) is 0. The molecule has 0 saturated carbocycles. The van der Waals surface area contributed by atoms with E-state index in [0.717, 1.165) is 24.2 Å². The number of hydrogen-bond acceptors (Lipinski definition) is 5. The third-order valence-corrected chi connectivity index (χ3v) is 5.53. The van der Waals surface area contributed by atoms with E-state index in [1.54, 1.807) is 25.5 Å². The molecule has 7 heteroatoms. The highest BCUT2D eigenvalue weighted by Gasteiger charge is 2.24. The van der Waals surface area contributed by atoms with Crippen molar-refractivity contribution in [2.75, 3.05) is 20.2 Å². The van der Waals surface area contributed by atoms with E-state index in [4.69, 9.17) is 9.15 Å². The number of rotatable bonds is 6. The van der Waals surface area contributed by atoms with Gasteiger partial charge in [-0.2, -0.15) is 5.10 Å². The number of carbonyl (C=O) groups excluding carboxylic acids is 1. The quantitative estimate of drug-likeness (QED) is 0.628. The zero-order valence-electron chi connectivity index (χ0n) is 17.0. The highest BCUT2D eigenvalue weighted by molar-refractivity contribution is 5.79. The van der Waals surface area contributed by atoms with Crippen LogP contribution in [0.1, 0.15) is 18.4 Å². The number of furan rings is 1. The molecule has 4 rings (SSSR count). The molecule has 3 heterocycles. The first-order valence-corrected chi connectivity index (χ1v) is 10.1. The first-order chi connectivity index (χ1) is 14.6. The van der Waals surface area contributed by atoms with Crippen LogP contribution in [0, 0.1) is 5.92 Å². The Balaban J connectivity index is 1.34. The zero-order valence-corrected chi connectivity index (χ0v) is 17.0. The summed E-state index contributed by atoms with van der Waals surface area (Å²) in [6, 6.07) is 14.4. The molecule has 1 saturated heterocycles. The van der Waals surface area contributed by atoms with Gasteiger partial charge in [0.15, 0.2) is 5.76 Å². The molecule has 2 aromatic heterocycles. The van der Waals surface area contributed by atoms with Crippen LogP contribution in [0.2, 0.25) is 0 Å². The molecule has 3 aromatic rings. The second kappa shape index (κ2) is 8.98. The van der Waals surface area contributed by atoms with Crippen molar-refractivity contribution in [3.05, 3.63) is 70.7 Å². The van der Waals surface area contributed by atoms with Crippen LogP contribution in [0.5, 0.6) is 5.75 Å². The Morgan fingerprint density at radius 1 is 1.17 bits per heavy atom. The standard InChI is InChI=1S/C23H25N3O4/c1-29-19-5-2-4-18(14-19)15-23(28)25-11-9-17(10-12-25)16-26-22(27)8-7-20(24-26)21-6-3-13-30-21/h2-8,13-14,17H,9-12,15-16H2,1H3. The van der Waals surface area contributed by atoms with Crippen LogP contribution in [-0.2, 0) is 17.8 Å². The molecular formula is C23H25N3O4. The van der Waals surface area contributed by atoms with Crippen molar-refractivity contribution in [2.24, 2.45) is 5.92 Å². The van der Waals surface area contributed by atoms with Crippen LogP contribution in [0.3, 0.4) is 0 Å². The predicted octanol–water partition coefficient (Wildman–Crippen LogP) is 2.99. The van der Waals surface area contributed by atoms with Crippen LogP contribution >= 0.6 is 0 Å². The molecule has 0 radical (unpaired) electrons. The number of nitrogens with zero attached hydrogens (tertiary/aromatic N) is 3. The number of likely N-dealkylation sites (tertiary alicyclic amines) is 1. The fourth-order valence-electron chi connectivity index (χ4n) is 3.81. The summed E-state index contributed by atoms with van der Waals surface area (Å²) in [5.41, 5.74) is 1.47. The van der Waals surface area contributed by atoms with Gasteiger partial charge in [0.25, 0.3) is 5.56 Å². The summed E-state index contributed by atoms with van der Waals surface area (Å²) >= 11 is 0. The predicted molar refractivity (Wildman–Crippen MR) is 112 cm³/mol. The summed E-state index contributed by atoms with van der Waals surface area (Å²) < 4.78 is 12.1. The van der Waals surface area contributed by atoms with E-state index in [1.807, 2.05) is 35.2 Å². The number of methoxy groups -OCH3 is 1. The molecule has 0 N–H and O–H groups in total. The van der Waals surface area contributed by atoms with Gasteiger partial charge < -0.3 is 14.1 Å². The third-order valence-electron chi connectivity index (χ3n) is 5.53. The van der Waals surface area contributed by atoms with Gasteiger partial charge in [-0.25, -0.2) is 4.68 Å². The fourth-order valence-corrected chi connectivity index (χ4v) is 3.81. The molecule has 0 unspecified atom stereocenters. The number of ether oxygens (including phenoxy) is 1. The van der Waals surface area contributed by atoms with Crippen LogP contribution in [0.15, 0.2) is 64.0 Å². The summed E-state index contributed by atoms with van der Waals surface area (Å²) in [6.45, 7) is 1.94. The van der Waals surface area contributed by atoms with E-state index in [2.05, 4.69) is 5.10 Å². The molecule has 1 aliphatic heterocycles. The smallest absolute Gasteiger partial charge is 0.266 e. The van der Waals surface area contributed by atoms with Gasteiger partial charge in [0.1, 0.15) is 11.4 Å². The molecule has 30 heavy (non-hydrogen) atoms. The molecule has 1 amide bonds. The van der Waals surface area contributed by atoms with Gasteiger partial charge in [0, 0.05) is 25.7 Å². The Bertz CT molecular complexity index is 1050. The molecule has 1 fully saturated rings. The molecular weight excluding hydrogens is 382 g/mol. The maximum atomic E-state index is 12.7. The van der Waals surface area contributed by atoms with Crippen molar-refractivity contribution >= 4 is 5.91 Å². The van der Waals surface area contributed by atoms with E-state index in [9.17, 15) is 9.59 Å². The maximum Gasteiger partial charge on any atom is 0.266 e. The summed E-state index contributed by atoms with van der Waals surface area (Å²) in [5.74, 6) is 1.83. The molecule has 156 valence electrons. The Morgan fingerprint density at radius 3 is 2.73 bits per heavy atom. The molecule has 0 aliphatic carbocycles. The molecule has 0 atom stereocenters. The zero-order chi connectivity index (χ0) is 20.9. The summed E-state index contributed by atoms with van der Waals surface area (Å²) in [6.07, 6.45) is 3.66. The molecule has 0 bridgehead atoms. The van der Waals surface area contributed by atoms with Gasteiger partial charge in [-0.15, -0.1) is 0 Å². The summed E-state index contributed by atoms with van der Waals surface area (Å²) in [7, 11) is 1.62. The Kier molecular flexibility index (Phi) is 5.97. The highest BCUT2D eigenvalue weighted by Crippen LogP contribution is 2.21. The Labute approximate surface area is 174 Å². The van der Waals surface area contributed by atoms with Crippen molar-refractivity contribution in [3.8, 4) is 17.2 Å². The average molecular weight is 407 g/mol. The minimum atomic E-state index is -0.123. The Morgan fingerprint density at radius 2 is 2.00 bits per heavy atom. The van der Waals surface area contributed by atoms with Crippen molar-refractivity contribution < 1.29 is 13.9 Å².